The average molecular weight is 364 g/mol. The van der Waals surface area contributed by atoms with Gasteiger partial charge in [-0.25, -0.2) is 9.97 Å². The summed E-state index contributed by atoms with van der Waals surface area (Å²) < 4.78 is 7.60. The summed E-state index contributed by atoms with van der Waals surface area (Å²) in [6, 6.07) is 4.06. The smallest absolute Gasteiger partial charge is 0.259 e. The lowest BCUT2D eigenvalue weighted by Crippen LogP contribution is -2.36. The molecule has 140 valence electrons. The third kappa shape index (κ3) is 3.46. The number of nitrogens with zero attached hydrogens (tertiary/aromatic N) is 6. The summed E-state index contributed by atoms with van der Waals surface area (Å²) in [5, 5.41) is 3.84. The summed E-state index contributed by atoms with van der Waals surface area (Å²) in [5.41, 5.74) is 0.855. The van der Waals surface area contributed by atoms with Crippen LogP contribution in [0.2, 0.25) is 0 Å². The number of aromatic nitrogens is 5. The van der Waals surface area contributed by atoms with Crippen LogP contribution in [-0.4, -0.2) is 37.8 Å². The van der Waals surface area contributed by atoms with Gasteiger partial charge in [0.05, 0.1) is 5.56 Å². The largest absolute Gasteiger partial charge is 0.356 e. The topological polar surface area (TPSA) is 72.9 Å². The summed E-state index contributed by atoms with van der Waals surface area (Å²) in [6.07, 6.45) is 11.0. The molecule has 1 atom stereocenters. The van der Waals surface area contributed by atoms with Crippen LogP contribution >= 0.6 is 0 Å². The Morgan fingerprint density at radius 3 is 2.85 bits per heavy atom. The third-order valence-electron chi connectivity index (χ3n) is 5.53. The summed E-state index contributed by atoms with van der Waals surface area (Å²) in [5.74, 6) is 4.72. The normalized spacial score (nSPS) is 20.2. The van der Waals surface area contributed by atoms with Crippen molar-refractivity contribution >= 4 is 5.82 Å². The minimum Gasteiger partial charge on any atom is -0.356 e. The first kappa shape index (κ1) is 16.5. The Bertz CT molecular complexity index is 911. The van der Waals surface area contributed by atoms with E-state index in [1.807, 2.05) is 31.5 Å². The monoisotopic (exact) mass is 364 g/mol. The number of hydrogen-bond donors (Lipinski definition) is 0. The van der Waals surface area contributed by atoms with Gasteiger partial charge in [0.2, 0.25) is 0 Å². The van der Waals surface area contributed by atoms with Gasteiger partial charge in [-0.1, -0.05) is 5.16 Å². The van der Waals surface area contributed by atoms with E-state index in [0.29, 0.717) is 17.6 Å². The number of hydrogen-bond acceptors (Lipinski definition) is 6. The highest BCUT2D eigenvalue weighted by atomic mass is 16.5. The van der Waals surface area contributed by atoms with Crippen LogP contribution in [0.25, 0.3) is 11.5 Å². The SMILES string of the molecule is Cc1noc(-c2ccc(N3CCC[C@H](c4nccn4CC4CC4)C3)nc2)n1. The van der Waals surface area contributed by atoms with Gasteiger partial charge in [0, 0.05) is 44.1 Å². The maximum atomic E-state index is 5.23. The fourth-order valence-electron chi connectivity index (χ4n) is 3.92. The van der Waals surface area contributed by atoms with E-state index < -0.39 is 0 Å². The van der Waals surface area contributed by atoms with Crippen molar-refractivity contribution in [3.63, 3.8) is 0 Å². The number of imidazole rings is 1. The minimum absolute atomic E-state index is 0.465. The van der Waals surface area contributed by atoms with Crippen LogP contribution in [0.4, 0.5) is 5.82 Å². The molecule has 3 aromatic heterocycles. The molecule has 1 saturated carbocycles. The van der Waals surface area contributed by atoms with E-state index >= 15 is 0 Å². The molecular formula is C20H24N6O. The van der Waals surface area contributed by atoms with Gasteiger partial charge in [-0.15, -0.1) is 0 Å². The van der Waals surface area contributed by atoms with Crippen molar-refractivity contribution in [1.82, 2.24) is 24.7 Å². The van der Waals surface area contributed by atoms with Gasteiger partial charge < -0.3 is 14.0 Å². The highest BCUT2D eigenvalue weighted by molar-refractivity contribution is 5.54. The summed E-state index contributed by atoms with van der Waals surface area (Å²) in [7, 11) is 0. The Hall–Kier alpha value is -2.70. The van der Waals surface area contributed by atoms with Crippen LogP contribution in [0.1, 0.15) is 43.3 Å². The van der Waals surface area contributed by atoms with Gasteiger partial charge >= 0.3 is 0 Å². The van der Waals surface area contributed by atoms with E-state index in [9.17, 15) is 0 Å². The van der Waals surface area contributed by atoms with E-state index in [1.165, 1.54) is 25.1 Å². The Balaban J connectivity index is 1.31. The molecule has 1 aliphatic carbocycles. The fourth-order valence-corrected chi connectivity index (χ4v) is 3.92. The molecule has 5 rings (SSSR count). The van der Waals surface area contributed by atoms with Gasteiger partial charge in [0.1, 0.15) is 11.6 Å². The van der Waals surface area contributed by atoms with Crippen LogP contribution in [0.5, 0.6) is 0 Å². The van der Waals surface area contributed by atoms with Crippen molar-refractivity contribution in [3.8, 4) is 11.5 Å². The van der Waals surface area contributed by atoms with Crippen molar-refractivity contribution in [3.05, 3.63) is 42.4 Å². The molecule has 2 fully saturated rings. The Labute approximate surface area is 158 Å². The van der Waals surface area contributed by atoms with Gasteiger partial charge in [0.15, 0.2) is 5.82 Å². The first-order valence-electron chi connectivity index (χ1n) is 9.79. The number of anilines is 1. The van der Waals surface area contributed by atoms with Crippen LogP contribution < -0.4 is 4.90 Å². The first-order chi connectivity index (χ1) is 13.3. The lowest BCUT2D eigenvalue weighted by molar-refractivity contribution is 0.425. The number of pyridine rings is 1. The molecule has 0 N–H and O–H groups in total. The van der Waals surface area contributed by atoms with Gasteiger partial charge in [-0.2, -0.15) is 4.98 Å². The van der Waals surface area contributed by atoms with Gasteiger partial charge in [0.25, 0.3) is 5.89 Å². The average Bonchev–Trinajstić information content (AvgIpc) is 3.21. The van der Waals surface area contributed by atoms with Crippen molar-refractivity contribution < 1.29 is 4.52 Å². The van der Waals surface area contributed by atoms with E-state index in [1.54, 1.807) is 0 Å². The molecule has 0 amide bonds. The third-order valence-corrected chi connectivity index (χ3v) is 5.53. The zero-order chi connectivity index (χ0) is 18.2. The molecule has 1 saturated heterocycles. The predicted octanol–water partition coefficient (Wildman–Crippen LogP) is 3.43. The Morgan fingerprint density at radius 1 is 1.19 bits per heavy atom. The molecule has 27 heavy (non-hydrogen) atoms. The first-order valence-corrected chi connectivity index (χ1v) is 9.79. The molecule has 0 spiro atoms. The van der Waals surface area contributed by atoms with Gasteiger partial charge in [-0.3, -0.25) is 0 Å². The lowest BCUT2D eigenvalue weighted by atomic mass is 9.97. The predicted molar refractivity (Wildman–Crippen MR) is 101 cm³/mol. The molecule has 7 heteroatoms. The Morgan fingerprint density at radius 2 is 2.11 bits per heavy atom. The Kier molecular flexibility index (Phi) is 4.14. The molecule has 0 unspecified atom stereocenters. The molecule has 7 nitrogen and oxygen atoms in total. The van der Waals surface area contributed by atoms with Crippen molar-refractivity contribution in [1.29, 1.82) is 0 Å². The summed E-state index contributed by atoms with van der Waals surface area (Å²) >= 11 is 0. The van der Waals surface area contributed by atoms with Crippen molar-refractivity contribution in [2.24, 2.45) is 5.92 Å². The van der Waals surface area contributed by atoms with E-state index in [-0.39, 0.29) is 0 Å². The second-order valence-electron chi connectivity index (χ2n) is 7.72. The van der Waals surface area contributed by atoms with Crippen molar-refractivity contribution in [2.75, 3.05) is 18.0 Å². The zero-order valence-corrected chi connectivity index (χ0v) is 15.6. The van der Waals surface area contributed by atoms with Crippen molar-refractivity contribution in [2.45, 2.75) is 45.1 Å². The molecule has 3 aromatic rings. The second-order valence-corrected chi connectivity index (χ2v) is 7.72. The number of piperidine rings is 1. The minimum atomic E-state index is 0.465. The van der Waals surface area contributed by atoms with E-state index in [2.05, 4.69) is 30.8 Å². The zero-order valence-electron chi connectivity index (χ0n) is 15.6. The van der Waals surface area contributed by atoms with Crippen LogP contribution in [0.15, 0.2) is 35.2 Å². The molecule has 4 heterocycles. The van der Waals surface area contributed by atoms with E-state index in [0.717, 1.165) is 43.4 Å². The molecule has 1 aliphatic heterocycles. The number of rotatable bonds is 5. The highest BCUT2D eigenvalue weighted by Gasteiger charge is 2.28. The maximum absolute atomic E-state index is 5.23. The molecule has 0 radical (unpaired) electrons. The second kappa shape index (κ2) is 6.79. The van der Waals surface area contributed by atoms with Crippen LogP contribution in [-0.2, 0) is 6.54 Å². The van der Waals surface area contributed by atoms with Crippen LogP contribution in [0, 0.1) is 12.8 Å². The maximum Gasteiger partial charge on any atom is 0.259 e. The summed E-state index contributed by atoms with van der Waals surface area (Å²) in [4.78, 5) is 16.0. The molecule has 0 aromatic carbocycles. The quantitative estimate of drug-likeness (QED) is 0.691. The summed E-state index contributed by atoms with van der Waals surface area (Å²) in [6.45, 7) is 4.94. The highest BCUT2D eigenvalue weighted by Crippen LogP contribution is 2.33. The van der Waals surface area contributed by atoms with Gasteiger partial charge in [-0.05, 0) is 50.7 Å². The molecular weight excluding hydrogens is 340 g/mol. The lowest BCUT2D eigenvalue weighted by Gasteiger charge is -2.33. The van der Waals surface area contributed by atoms with Crippen LogP contribution in [0.3, 0.4) is 0 Å². The number of aryl methyl sites for hydroxylation is 1. The van der Waals surface area contributed by atoms with E-state index in [4.69, 9.17) is 9.51 Å². The molecule has 2 aliphatic rings. The standard InChI is InChI=1S/C20H24N6O/c1-14-23-20(27-24-14)16-6-7-18(22-11-16)25-9-2-3-17(13-25)19-21-8-10-26(19)12-15-4-5-15/h6-8,10-11,15,17H,2-5,9,12-13H2,1H3/t17-/m0/s1. The fraction of sp³-hybridized carbons (Fsp3) is 0.500. The molecule has 0 bridgehead atoms.